The summed E-state index contributed by atoms with van der Waals surface area (Å²) in [6, 6.07) is 3.14. The van der Waals surface area contributed by atoms with Crippen LogP contribution >= 0.6 is 0 Å². The van der Waals surface area contributed by atoms with Crippen LogP contribution in [0, 0.1) is 20.8 Å². The fourth-order valence-corrected chi connectivity index (χ4v) is 2.67. The number of hydrogen-bond acceptors (Lipinski definition) is 3. The highest BCUT2D eigenvalue weighted by Gasteiger charge is 2.19. The predicted molar refractivity (Wildman–Crippen MR) is 86.8 cm³/mol. The summed E-state index contributed by atoms with van der Waals surface area (Å²) < 4.78 is 0. The monoisotopic (exact) mass is 322 g/mol. The van der Waals surface area contributed by atoms with Crippen molar-refractivity contribution < 1.29 is 25.3 Å². The van der Waals surface area contributed by atoms with Crippen molar-refractivity contribution in [3.63, 3.8) is 0 Å². The van der Waals surface area contributed by atoms with E-state index in [4.69, 9.17) is 0 Å². The Balaban J connectivity index is 2.64. The molecule has 0 radical (unpaired) electrons. The van der Waals surface area contributed by atoms with Crippen molar-refractivity contribution in [3.8, 4) is 0 Å². The Hall–Kier alpha value is -1.92. The van der Waals surface area contributed by atoms with E-state index in [9.17, 15) is 14.7 Å². The second-order valence-electron chi connectivity index (χ2n) is 6.03. The highest BCUT2D eigenvalue weighted by Crippen LogP contribution is 2.22. The summed E-state index contributed by atoms with van der Waals surface area (Å²) in [4.78, 5) is 23.4. The molecule has 5 N–H and O–H groups in total. The minimum Gasteiger partial charge on any atom is -0.544 e. The molecule has 1 aromatic rings. The SMILES string of the molecule is C[NH2+]CCC[NH2+][C@@H](CC(=O)Nc1c(C)cc(C)cc1C)C(=O)[O-]. The van der Waals surface area contributed by atoms with Crippen molar-refractivity contribution in [3.05, 3.63) is 28.8 Å². The number of carboxylic acids is 1. The van der Waals surface area contributed by atoms with Crippen molar-refractivity contribution in [2.75, 3.05) is 25.5 Å². The van der Waals surface area contributed by atoms with Crippen LogP contribution in [-0.2, 0) is 9.59 Å². The molecule has 0 aliphatic heterocycles. The van der Waals surface area contributed by atoms with Crippen LogP contribution < -0.4 is 21.1 Å². The van der Waals surface area contributed by atoms with Gasteiger partial charge in [0.1, 0.15) is 6.04 Å². The minimum absolute atomic E-state index is 0.0923. The topological polar surface area (TPSA) is 102 Å². The molecule has 0 fully saturated rings. The Labute approximate surface area is 137 Å². The lowest BCUT2D eigenvalue weighted by Crippen LogP contribution is -2.94. The summed E-state index contributed by atoms with van der Waals surface area (Å²) in [5.74, 6) is -1.49. The molecule has 1 aromatic carbocycles. The lowest BCUT2D eigenvalue weighted by molar-refractivity contribution is -0.692. The quantitative estimate of drug-likeness (QED) is 0.468. The summed E-state index contributed by atoms with van der Waals surface area (Å²) in [6.45, 7) is 7.46. The maximum atomic E-state index is 12.2. The zero-order valence-electron chi connectivity index (χ0n) is 14.4. The van der Waals surface area contributed by atoms with Crippen molar-refractivity contribution in [1.82, 2.24) is 0 Å². The zero-order chi connectivity index (χ0) is 17.4. The summed E-state index contributed by atoms with van der Waals surface area (Å²) >= 11 is 0. The van der Waals surface area contributed by atoms with Crippen LogP contribution in [0.25, 0.3) is 0 Å². The van der Waals surface area contributed by atoms with Crippen molar-refractivity contribution in [2.24, 2.45) is 0 Å². The maximum absolute atomic E-state index is 12.2. The second kappa shape index (κ2) is 9.27. The number of aryl methyl sites for hydroxylation is 3. The number of amides is 1. The molecule has 1 amide bonds. The largest absolute Gasteiger partial charge is 0.544 e. The molecule has 128 valence electrons. The van der Waals surface area contributed by atoms with Crippen LogP contribution in [0.5, 0.6) is 0 Å². The lowest BCUT2D eigenvalue weighted by Gasteiger charge is -2.17. The van der Waals surface area contributed by atoms with Gasteiger partial charge >= 0.3 is 0 Å². The van der Waals surface area contributed by atoms with E-state index in [1.807, 2.05) is 45.3 Å². The van der Waals surface area contributed by atoms with Crippen molar-refractivity contribution in [2.45, 2.75) is 39.7 Å². The van der Waals surface area contributed by atoms with Gasteiger partial charge in [0, 0.05) is 12.1 Å². The van der Waals surface area contributed by atoms with Gasteiger partial charge in [-0.25, -0.2) is 0 Å². The fraction of sp³-hybridized carbons (Fsp3) is 0.529. The van der Waals surface area contributed by atoms with E-state index >= 15 is 0 Å². The standard InChI is InChI=1S/C17H27N3O3/c1-11-8-12(2)16(13(3)9-11)20-15(21)10-14(17(22)23)19-7-5-6-18-4/h8-9,14,18-19H,5-7,10H2,1-4H3,(H,20,21)(H,22,23)/p+1/t14-/m0/s1. The Kier molecular flexibility index (Phi) is 7.71. The number of nitrogens with two attached hydrogens (primary N) is 2. The number of hydrogen-bond donors (Lipinski definition) is 3. The minimum atomic E-state index is -1.20. The molecule has 1 rings (SSSR count). The second-order valence-corrected chi connectivity index (χ2v) is 6.03. The van der Waals surface area contributed by atoms with Gasteiger partial charge in [0.05, 0.1) is 32.5 Å². The van der Waals surface area contributed by atoms with Gasteiger partial charge in [-0.2, -0.15) is 0 Å². The fourth-order valence-electron chi connectivity index (χ4n) is 2.67. The molecular weight excluding hydrogens is 294 g/mol. The van der Waals surface area contributed by atoms with Crippen LogP contribution in [0.1, 0.15) is 29.5 Å². The van der Waals surface area contributed by atoms with E-state index in [0.29, 0.717) is 6.54 Å². The number of carbonyl (C=O) groups excluding carboxylic acids is 2. The molecule has 0 saturated carbocycles. The first-order valence-electron chi connectivity index (χ1n) is 8.04. The Morgan fingerprint density at radius 1 is 1.17 bits per heavy atom. The molecule has 0 bridgehead atoms. The van der Waals surface area contributed by atoms with Gasteiger partial charge in [-0.1, -0.05) is 17.7 Å². The Bertz CT molecular complexity index is 535. The van der Waals surface area contributed by atoms with E-state index in [0.717, 1.165) is 35.3 Å². The van der Waals surface area contributed by atoms with Crippen LogP contribution in [-0.4, -0.2) is 38.1 Å². The highest BCUT2D eigenvalue weighted by molar-refractivity contribution is 5.94. The average molecular weight is 322 g/mol. The van der Waals surface area contributed by atoms with Gasteiger partial charge in [0.2, 0.25) is 5.91 Å². The average Bonchev–Trinajstić information content (AvgIpc) is 2.45. The van der Waals surface area contributed by atoms with E-state index in [-0.39, 0.29) is 12.3 Å². The molecule has 6 heteroatoms. The summed E-state index contributed by atoms with van der Waals surface area (Å²) in [5.41, 5.74) is 3.84. The zero-order valence-corrected chi connectivity index (χ0v) is 14.4. The first kappa shape index (κ1) is 19.1. The number of carboxylic acid groups (broad SMARTS) is 1. The molecule has 0 aliphatic rings. The molecule has 6 nitrogen and oxygen atoms in total. The number of rotatable bonds is 9. The first-order valence-corrected chi connectivity index (χ1v) is 8.04. The van der Waals surface area contributed by atoms with Gasteiger partial charge in [-0.3, -0.25) is 4.79 Å². The van der Waals surface area contributed by atoms with Crippen molar-refractivity contribution >= 4 is 17.6 Å². The third-order valence-electron chi connectivity index (χ3n) is 3.80. The molecular formula is C17H28N3O3+. The highest BCUT2D eigenvalue weighted by atomic mass is 16.4. The lowest BCUT2D eigenvalue weighted by atomic mass is 10.0. The van der Waals surface area contributed by atoms with Gasteiger partial charge in [0.15, 0.2) is 0 Å². The Morgan fingerprint density at radius 3 is 2.30 bits per heavy atom. The summed E-state index contributed by atoms with van der Waals surface area (Å²) in [5, 5.41) is 17.7. The summed E-state index contributed by atoms with van der Waals surface area (Å²) in [6.07, 6.45) is 0.795. The maximum Gasteiger partial charge on any atom is 0.230 e. The number of quaternary nitrogens is 2. The number of benzene rings is 1. The molecule has 0 aromatic heterocycles. The smallest absolute Gasteiger partial charge is 0.230 e. The third kappa shape index (κ3) is 6.38. The summed E-state index contributed by atoms with van der Waals surface area (Å²) in [7, 11) is 1.97. The number of carbonyl (C=O) groups is 2. The molecule has 0 saturated heterocycles. The molecule has 0 spiro atoms. The van der Waals surface area contributed by atoms with Gasteiger partial charge in [0.25, 0.3) is 0 Å². The van der Waals surface area contributed by atoms with E-state index in [2.05, 4.69) is 5.32 Å². The van der Waals surface area contributed by atoms with Crippen LogP contribution in [0.2, 0.25) is 0 Å². The molecule has 0 aliphatic carbocycles. The molecule has 1 atom stereocenters. The number of aliphatic carboxylic acids is 1. The van der Waals surface area contributed by atoms with Crippen LogP contribution in [0.15, 0.2) is 12.1 Å². The van der Waals surface area contributed by atoms with Gasteiger partial charge in [-0.05, 0) is 31.9 Å². The van der Waals surface area contributed by atoms with E-state index in [1.54, 1.807) is 5.32 Å². The third-order valence-corrected chi connectivity index (χ3v) is 3.80. The molecule has 0 unspecified atom stereocenters. The molecule has 23 heavy (non-hydrogen) atoms. The van der Waals surface area contributed by atoms with Gasteiger partial charge < -0.3 is 25.9 Å². The molecule has 0 heterocycles. The van der Waals surface area contributed by atoms with Crippen LogP contribution in [0.4, 0.5) is 5.69 Å². The number of anilines is 1. The van der Waals surface area contributed by atoms with E-state index < -0.39 is 12.0 Å². The first-order chi connectivity index (χ1) is 10.8. The van der Waals surface area contributed by atoms with Crippen LogP contribution in [0.3, 0.4) is 0 Å². The van der Waals surface area contributed by atoms with E-state index in [1.165, 1.54) is 0 Å². The normalized spacial score (nSPS) is 12.0. The van der Waals surface area contributed by atoms with Gasteiger partial charge in [-0.15, -0.1) is 0 Å². The predicted octanol–water partition coefficient (Wildman–Crippen LogP) is -1.79. The van der Waals surface area contributed by atoms with Crippen molar-refractivity contribution in [1.29, 1.82) is 0 Å². The number of nitrogens with one attached hydrogen (secondary N) is 1. The Morgan fingerprint density at radius 2 is 1.78 bits per heavy atom.